The molecular weight excluding hydrogens is 166 g/mol. The highest BCUT2D eigenvalue weighted by atomic mass is 16.5. The monoisotopic (exact) mass is 181 g/mol. The molecule has 1 fully saturated rings. The minimum absolute atomic E-state index is 0.360. The quantitative estimate of drug-likeness (QED) is 0.617. The summed E-state index contributed by atoms with van der Waals surface area (Å²) >= 11 is 0. The predicted molar refractivity (Wildman–Crippen MR) is 51.1 cm³/mol. The van der Waals surface area contributed by atoms with Crippen LogP contribution in [0, 0.1) is 0 Å². The van der Waals surface area contributed by atoms with Gasteiger partial charge in [0.25, 0.3) is 0 Å². The van der Waals surface area contributed by atoms with Gasteiger partial charge in [0.15, 0.2) is 0 Å². The molecule has 0 radical (unpaired) electrons. The van der Waals surface area contributed by atoms with Crippen LogP contribution < -0.4 is 5.73 Å². The lowest BCUT2D eigenvalue weighted by Gasteiger charge is -2.32. The first kappa shape index (κ1) is 9.99. The van der Waals surface area contributed by atoms with Crippen LogP contribution in [0.2, 0.25) is 0 Å². The third-order valence-corrected chi connectivity index (χ3v) is 2.49. The second-order valence-electron chi connectivity index (χ2n) is 3.53. The first-order valence-electron chi connectivity index (χ1n) is 4.23. The van der Waals surface area contributed by atoms with Gasteiger partial charge >= 0.3 is 5.97 Å². The molecule has 1 aliphatic carbocycles. The van der Waals surface area contributed by atoms with E-state index in [0.29, 0.717) is 12.8 Å². The molecule has 1 unspecified atom stereocenters. The molecule has 0 saturated heterocycles. The zero-order valence-corrected chi connectivity index (χ0v) is 7.93. The normalized spacial score (nSPS) is 28.8. The highest BCUT2D eigenvalue weighted by molar-refractivity contribution is 5.81. The van der Waals surface area contributed by atoms with Crippen LogP contribution in [0.3, 0.4) is 0 Å². The Morgan fingerprint density at radius 1 is 1.54 bits per heavy atom. The number of methoxy groups -OCH3 is 1. The molecule has 0 aromatic rings. The number of esters is 1. The summed E-state index contributed by atoms with van der Waals surface area (Å²) in [7, 11) is 1.35. The smallest absolute Gasteiger partial charge is 0.326 e. The van der Waals surface area contributed by atoms with E-state index in [4.69, 9.17) is 5.73 Å². The van der Waals surface area contributed by atoms with Crippen molar-refractivity contribution in [2.75, 3.05) is 7.11 Å². The summed E-state index contributed by atoms with van der Waals surface area (Å²) in [6.45, 7) is 7.66. The Balaban J connectivity index is 2.78. The fourth-order valence-corrected chi connectivity index (χ4v) is 1.52. The molecule has 0 bridgehead atoms. The van der Waals surface area contributed by atoms with Crippen LogP contribution in [0.4, 0.5) is 0 Å². The van der Waals surface area contributed by atoms with Gasteiger partial charge in [0.05, 0.1) is 7.11 Å². The lowest BCUT2D eigenvalue weighted by atomic mass is 9.78. The van der Waals surface area contributed by atoms with Crippen LogP contribution in [0.5, 0.6) is 0 Å². The number of hydrogen-bond donors (Lipinski definition) is 1. The van der Waals surface area contributed by atoms with Crippen LogP contribution in [-0.4, -0.2) is 18.6 Å². The number of hydrogen-bond acceptors (Lipinski definition) is 3. The van der Waals surface area contributed by atoms with Gasteiger partial charge in [0, 0.05) is 6.42 Å². The average Bonchev–Trinajstić information content (AvgIpc) is 2.11. The van der Waals surface area contributed by atoms with E-state index in [0.717, 1.165) is 17.6 Å². The SMILES string of the molecule is C=C1CCC(N)(C(=O)OC)CC1=C. The molecular formula is C10H15NO2. The van der Waals surface area contributed by atoms with Crippen molar-refractivity contribution in [1.82, 2.24) is 0 Å². The van der Waals surface area contributed by atoms with Crippen LogP contribution >= 0.6 is 0 Å². The number of carbonyl (C=O) groups is 1. The van der Waals surface area contributed by atoms with Crippen molar-refractivity contribution in [3.63, 3.8) is 0 Å². The summed E-state index contributed by atoms with van der Waals surface area (Å²) in [5.74, 6) is -0.360. The van der Waals surface area contributed by atoms with Gasteiger partial charge in [-0.1, -0.05) is 24.3 Å². The maximum atomic E-state index is 11.3. The third kappa shape index (κ3) is 1.80. The molecule has 1 atom stereocenters. The van der Waals surface area contributed by atoms with E-state index in [2.05, 4.69) is 17.9 Å². The Kier molecular flexibility index (Phi) is 2.57. The maximum absolute atomic E-state index is 11.3. The molecule has 0 aromatic carbocycles. The summed E-state index contributed by atoms with van der Waals surface area (Å²) < 4.78 is 4.64. The fourth-order valence-electron chi connectivity index (χ4n) is 1.52. The van der Waals surface area contributed by atoms with Crippen molar-refractivity contribution in [3.8, 4) is 0 Å². The molecule has 3 heteroatoms. The van der Waals surface area contributed by atoms with Crippen LogP contribution in [-0.2, 0) is 9.53 Å². The highest BCUT2D eigenvalue weighted by Gasteiger charge is 2.38. The van der Waals surface area contributed by atoms with Crippen molar-refractivity contribution < 1.29 is 9.53 Å². The molecule has 0 aromatic heterocycles. The molecule has 1 saturated carbocycles. The molecule has 72 valence electrons. The van der Waals surface area contributed by atoms with Gasteiger partial charge in [0.1, 0.15) is 5.54 Å². The average molecular weight is 181 g/mol. The zero-order valence-electron chi connectivity index (χ0n) is 7.93. The van der Waals surface area contributed by atoms with Gasteiger partial charge < -0.3 is 10.5 Å². The Labute approximate surface area is 78.3 Å². The summed E-state index contributed by atoms with van der Waals surface area (Å²) in [6, 6.07) is 0. The van der Waals surface area contributed by atoms with E-state index in [9.17, 15) is 4.79 Å². The van der Waals surface area contributed by atoms with Crippen LogP contribution in [0.15, 0.2) is 24.3 Å². The standard InChI is InChI=1S/C10H15NO2/c1-7-4-5-10(11,6-8(7)2)9(12)13-3/h1-2,4-6,11H2,3H3. The van der Waals surface area contributed by atoms with E-state index in [-0.39, 0.29) is 5.97 Å². The van der Waals surface area contributed by atoms with Crippen molar-refractivity contribution in [1.29, 1.82) is 0 Å². The summed E-state index contributed by atoms with van der Waals surface area (Å²) in [6.07, 6.45) is 1.78. The van der Waals surface area contributed by atoms with E-state index in [1.807, 2.05) is 0 Å². The van der Waals surface area contributed by atoms with Crippen molar-refractivity contribution in [2.24, 2.45) is 5.73 Å². The number of rotatable bonds is 1. The van der Waals surface area contributed by atoms with Crippen molar-refractivity contribution in [3.05, 3.63) is 24.3 Å². The van der Waals surface area contributed by atoms with E-state index in [1.165, 1.54) is 7.11 Å². The van der Waals surface area contributed by atoms with Crippen LogP contribution in [0.25, 0.3) is 0 Å². The Bertz CT molecular complexity index is 270. The minimum atomic E-state index is -0.882. The lowest BCUT2D eigenvalue weighted by molar-refractivity contribution is -0.147. The fraction of sp³-hybridized carbons (Fsp3) is 0.500. The van der Waals surface area contributed by atoms with Gasteiger partial charge in [-0.3, -0.25) is 4.79 Å². The molecule has 13 heavy (non-hydrogen) atoms. The Morgan fingerprint density at radius 2 is 2.15 bits per heavy atom. The van der Waals surface area contributed by atoms with Gasteiger partial charge in [-0.25, -0.2) is 0 Å². The van der Waals surface area contributed by atoms with Gasteiger partial charge in [0.2, 0.25) is 0 Å². The van der Waals surface area contributed by atoms with Crippen molar-refractivity contribution >= 4 is 5.97 Å². The summed E-state index contributed by atoms with van der Waals surface area (Å²) in [5.41, 5.74) is 6.86. The third-order valence-electron chi connectivity index (χ3n) is 2.49. The van der Waals surface area contributed by atoms with Crippen molar-refractivity contribution in [2.45, 2.75) is 24.8 Å². The van der Waals surface area contributed by atoms with Gasteiger partial charge in [-0.2, -0.15) is 0 Å². The molecule has 1 rings (SSSR count). The second kappa shape index (κ2) is 3.34. The molecule has 0 spiro atoms. The highest BCUT2D eigenvalue weighted by Crippen LogP contribution is 2.32. The lowest BCUT2D eigenvalue weighted by Crippen LogP contribution is -2.50. The first-order valence-corrected chi connectivity index (χ1v) is 4.23. The molecule has 0 aliphatic heterocycles. The molecule has 0 amide bonds. The van der Waals surface area contributed by atoms with Gasteiger partial charge in [-0.15, -0.1) is 0 Å². The molecule has 1 aliphatic rings. The van der Waals surface area contributed by atoms with Crippen LogP contribution in [0.1, 0.15) is 19.3 Å². The number of nitrogens with two attached hydrogens (primary N) is 1. The maximum Gasteiger partial charge on any atom is 0.326 e. The van der Waals surface area contributed by atoms with E-state index < -0.39 is 5.54 Å². The topological polar surface area (TPSA) is 52.3 Å². The summed E-state index contributed by atoms with van der Waals surface area (Å²) in [4.78, 5) is 11.3. The molecule has 2 N–H and O–H groups in total. The number of ether oxygens (including phenoxy) is 1. The number of allylic oxidation sites excluding steroid dienone is 1. The molecule has 0 heterocycles. The largest absolute Gasteiger partial charge is 0.468 e. The predicted octanol–water partition coefficient (Wildman–Crippen LogP) is 1.15. The number of carbonyl (C=O) groups excluding carboxylic acids is 1. The molecule has 3 nitrogen and oxygen atoms in total. The zero-order chi connectivity index (χ0) is 10.1. The Hall–Kier alpha value is -1.09. The van der Waals surface area contributed by atoms with Gasteiger partial charge in [-0.05, 0) is 12.8 Å². The second-order valence-corrected chi connectivity index (χ2v) is 3.53. The van der Waals surface area contributed by atoms with E-state index >= 15 is 0 Å². The van der Waals surface area contributed by atoms with E-state index in [1.54, 1.807) is 0 Å². The summed E-state index contributed by atoms with van der Waals surface area (Å²) in [5, 5.41) is 0. The minimum Gasteiger partial charge on any atom is -0.468 e. The Morgan fingerprint density at radius 3 is 2.62 bits per heavy atom. The first-order chi connectivity index (χ1) is 5.99.